The largest absolute Gasteiger partial charge is 0.478 e. The van der Waals surface area contributed by atoms with Crippen LogP contribution in [0.25, 0.3) is 0 Å². The molecule has 2 N–H and O–H groups in total. The molecular weight excluding hydrogens is 301 g/mol. The molecule has 0 unspecified atom stereocenters. The van der Waals surface area contributed by atoms with Gasteiger partial charge in [-0.25, -0.2) is 9.18 Å². The molecule has 0 spiro atoms. The number of halogens is 1. The molecule has 1 amide bonds. The van der Waals surface area contributed by atoms with E-state index in [4.69, 9.17) is 5.11 Å². The predicted octanol–water partition coefficient (Wildman–Crippen LogP) is 3.32. The molecule has 104 valence electrons. The van der Waals surface area contributed by atoms with Gasteiger partial charge in [-0.3, -0.25) is 4.79 Å². The molecule has 2 rings (SSSR count). The Morgan fingerprint density at radius 2 is 2.15 bits per heavy atom. The molecule has 0 aliphatic rings. The van der Waals surface area contributed by atoms with Crippen molar-refractivity contribution in [2.24, 2.45) is 0 Å². The van der Waals surface area contributed by atoms with Crippen molar-refractivity contribution < 1.29 is 19.1 Å². The minimum absolute atomic E-state index is 0.211. The highest BCUT2D eigenvalue weighted by molar-refractivity contribution is 8.01. The predicted molar refractivity (Wildman–Crippen MR) is 77.0 cm³/mol. The van der Waals surface area contributed by atoms with Crippen molar-refractivity contribution in [3.05, 3.63) is 47.1 Å². The van der Waals surface area contributed by atoms with Gasteiger partial charge in [0.1, 0.15) is 5.82 Å². The van der Waals surface area contributed by atoms with E-state index in [1.54, 1.807) is 0 Å². The highest BCUT2D eigenvalue weighted by Crippen LogP contribution is 2.23. The summed E-state index contributed by atoms with van der Waals surface area (Å²) >= 11 is 2.92. The summed E-state index contributed by atoms with van der Waals surface area (Å²) in [5.74, 6) is -2.27. The van der Waals surface area contributed by atoms with Crippen LogP contribution in [0, 0.1) is 5.82 Å². The quantitative estimate of drug-likeness (QED) is 0.831. The molecule has 0 fully saturated rings. The van der Waals surface area contributed by atoms with Crippen molar-refractivity contribution in [1.29, 1.82) is 0 Å². The van der Waals surface area contributed by atoms with Crippen molar-refractivity contribution in [2.45, 2.75) is 4.21 Å². The van der Waals surface area contributed by atoms with Crippen LogP contribution in [-0.2, 0) is 4.79 Å². The fourth-order valence-corrected chi connectivity index (χ4v) is 3.03. The molecule has 20 heavy (non-hydrogen) atoms. The van der Waals surface area contributed by atoms with Gasteiger partial charge in [0.05, 0.1) is 15.5 Å². The number of carbonyl (C=O) groups excluding carboxylic acids is 1. The summed E-state index contributed by atoms with van der Waals surface area (Å²) in [6, 6.07) is 7.28. The first-order valence-electron chi connectivity index (χ1n) is 5.55. The fourth-order valence-electron chi connectivity index (χ4n) is 1.45. The van der Waals surface area contributed by atoms with E-state index >= 15 is 0 Å². The molecule has 0 radical (unpaired) electrons. The summed E-state index contributed by atoms with van der Waals surface area (Å²) in [4.78, 5) is 22.3. The van der Waals surface area contributed by atoms with Crippen molar-refractivity contribution in [2.75, 3.05) is 11.1 Å². The normalized spacial score (nSPS) is 10.2. The van der Waals surface area contributed by atoms with Gasteiger partial charge in [0.25, 0.3) is 0 Å². The van der Waals surface area contributed by atoms with Crippen LogP contribution in [0.3, 0.4) is 0 Å². The lowest BCUT2D eigenvalue weighted by molar-refractivity contribution is -0.113. The first kappa shape index (κ1) is 14.5. The van der Waals surface area contributed by atoms with Crippen molar-refractivity contribution >= 4 is 40.7 Å². The topological polar surface area (TPSA) is 66.4 Å². The Kier molecular flexibility index (Phi) is 4.75. The highest BCUT2D eigenvalue weighted by Gasteiger charge is 2.11. The number of benzene rings is 1. The van der Waals surface area contributed by atoms with E-state index in [1.165, 1.54) is 29.2 Å². The second kappa shape index (κ2) is 6.53. The Bertz CT molecular complexity index is 629. The molecule has 0 bridgehead atoms. The molecule has 2 aromatic rings. The van der Waals surface area contributed by atoms with Gasteiger partial charge in [0.2, 0.25) is 5.91 Å². The van der Waals surface area contributed by atoms with Crippen LogP contribution in [0.4, 0.5) is 10.1 Å². The number of amides is 1. The molecule has 4 nitrogen and oxygen atoms in total. The van der Waals surface area contributed by atoms with Crippen LogP contribution in [0.15, 0.2) is 39.9 Å². The Labute approximate surface area is 122 Å². The number of hydrogen-bond acceptors (Lipinski definition) is 4. The van der Waals surface area contributed by atoms with Crippen molar-refractivity contribution in [3.63, 3.8) is 0 Å². The molecule has 1 aromatic carbocycles. The SMILES string of the molecule is O=C(CSc1cccs1)Nc1ccc(C(=O)O)c(F)c1. The standard InChI is InChI=1S/C13H10FNO3S2/c14-10-6-8(3-4-9(10)13(17)18)15-11(16)7-20-12-2-1-5-19-12/h1-6H,7H2,(H,15,16)(H,17,18). The third-order valence-electron chi connectivity index (χ3n) is 2.32. The first-order chi connectivity index (χ1) is 9.56. The van der Waals surface area contributed by atoms with Gasteiger partial charge in [-0.2, -0.15) is 0 Å². The number of carbonyl (C=O) groups is 2. The number of anilines is 1. The molecule has 0 atom stereocenters. The number of thiophene rings is 1. The zero-order valence-electron chi connectivity index (χ0n) is 10.1. The Balaban J connectivity index is 1.94. The molecule has 0 aliphatic carbocycles. The summed E-state index contributed by atoms with van der Waals surface area (Å²) < 4.78 is 14.4. The van der Waals surface area contributed by atoms with Crippen molar-refractivity contribution in [1.82, 2.24) is 0 Å². The van der Waals surface area contributed by atoms with E-state index in [2.05, 4.69) is 5.32 Å². The number of carboxylic acid groups (broad SMARTS) is 1. The first-order valence-corrected chi connectivity index (χ1v) is 7.42. The number of carboxylic acids is 1. The summed E-state index contributed by atoms with van der Waals surface area (Å²) in [6.07, 6.45) is 0. The second-order valence-electron chi connectivity index (χ2n) is 3.77. The van der Waals surface area contributed by atoms with Crippen LogP contribution in [0.1, 0.15) is 10.4 Å². The lowest BCUT2D eigenvalue weighted by Gasteiger charge is -2.05. The van der Waals surface area contributed by atoms with Gasteiger partial charge in [-0.15, -0.1) is 23.1 Å². The van der Waals surface area contributed by atoms with E-state index in [0.717, 1.165) is 16.3 Å². The summed E-state index contributed by atoms with van der Waals surface area (Å²) in [7, 11) is 0. The molecule has 0 saturated heterocycles. The Morgan fingerprint density at radius 3 is 2.75 bits per heavy atom. The van der Waals surface area contributed by atoms with Gasteiger partial charge in [0, 0.05) is 5.69 Å². The molecule has 7 heteroatoms. The molecule has 0 saturated carbocycles. The Hall–Kier alpha value is -1.86. The van der Waals surface area contributed by atoms with Crippen LogP contribution in [-0.4, -0.2) is 22.7 Å². The maximum Gasteiger partial charge on any atom is 0.338 e. The lowest BCUT2D eigenvalue weighted by atomic mass is 10.2. The minimum atomic E-state index is -1.34. The molecular formula is C13H10FNO3S2. The zero-order chi connectivity index (χ0) is 14.5. The van der Waals surface area contributed by atoms with Crippen LogP contribution >= 0.6 is 23.1 Å². The number of nitrogens with one attached hydrogen (secondary N) is 1. The average molecular weight is 311 g/mol. The molecule has 1 heterocycles. The number of thioether (sulfide) groups is 1. The number of aromatic carboxylic acids is 1. The highest BCUT2D eigenvalue weighted by atomic mass is 32.2. The monoisotopic (exact) mass is 311 g/mol. The molecule has 1 aromatic heterocycles. The van der Waals surface area contributed by atoms with Crippen LogP contribution in [0.5, 0.6) is 0 Å². The van der Waals surface area contributed by atoms with E-state index in [1.807, 2.05) is 17.5 Å². The number of hydrogen-bond donors (Lipinski definition) is 2. The lowest BCUT2D eigenvalue weighted by Crippen LogP contribution is -2.14. The maximum absolute atomic E-state index is 13.4. The summed E-state index contributed by atoms with van der Waals surface area (Å²) in [5.41, 5.74) is -0.180. The van der Waals surface area contributed by atoms with Gasteiger partial charge >= 0.3 is 5.97 Å². The van der Waals surface area contributed by atoms with Crippen LogP contribution < -0.4 is 5.32 Å². The summed E-state index contributed by atoms with van der Waals surface area (Å²) in [6.45, 7) is 0. The van der Waals surface area contributed by atoms with Crippen molar-refractivity contribution in [3.8, 4) is 0 Å². The van der Waals surface area contributed by atoms with Gasteiger partial charge in [-0.05, 0) is 29.6 Å². The second-order valence-corrected chi connectivity index (χ2v) is 5.99. The van der Waals surface area contributed by atoms with E-state index in [0.29, 0.717) is 0 Å². The number of rotatable bonds is 5. The van der Waals surface area contributed by atoms with Gasteiger partial charge in [-0.1, -0.05) is 6.07 Å². The average Bonchev–Trinajstić information content (AvgIpc) is 2.89. The Morgan fingerprint density at radius 1 is 1.35 bits per heavy atom. The fraction of sp³-hybridized carbons (Fsp3) is 0.0769. The molecule has 0 aliphatic heterocycles. The van der Waals surface area contributed by atoms with E-state index in [9.17, 15) is 14.0 Å². The smallest absolute Gasteiger partial charge is 0.338 e. The third kappa shape index (κ3) is 3.82. The van der Waals surface area contributed by atoms with E-state index in [-0.39, 0.29) is 17.3 Å². The minimum Gasteiger partial charge on any atom is -0.478 e. The van der Waals surface area contributed by atoms with Crippen LogP contribution in [0.2, 0.25) is 0 Å². The van der Waals surface area contributed by atoms with Gasteiger partial charge in [0.15, 0.2) is 0 Å². The van der Waals surface area contributed by atoms with E-state index < -0.39 is 17.3 Å². The van der Waals surface area contributed by atoms with Gasteiger partial charge < -0.3 is 10.4 Å². The third-order valence-corrected chi connectivity index (χ3v) is 4.45. The zero-order valence-corrected chi connectivity index (χ0v) is 11.8. The summed E-state index contributed by atoms with van der Waals surface area (Å²) in [5, 5.41) is 13.1. The maximum atomic E-state index is 13.4.